The van der Waals surface area contributed by atoms with Gasteiger partial charge >= 0.3 is 12.0 Å². The molecule has 2 heterocycles. The van der Waals surface area contributed by atoms with Crippen LogP contribution in [0.4, 0.5) is 10.5 Å². The number of urea groups is 1. The summed E-state index contributed by atoms with van der Waals surface area (Å²) in [7, 11) is 0. The summed E-state index contributed by atoms with van der Waals surface area (Å²) in [5.74, 6) is -0.377. The molecule has 128 valence electrons. The van der Waals surface area contributed by atoms with E-state index in [9.17, 15) is 9.59 Å². The van der Waals surface area contributed by atoms with Gasteiger partial charge in [-0.15, -0.1) is 0 Å². The van der Waals surface area contributed by atoms with Crippen LogP contribution in [0.1, 0.15) is 25.8 Å². The van der Waals surface area contributed by atoms with Crippen molar-refractivity contribution < 1.29 is 14.3 Å². The van der Waals surface area contributed by atoms with Crippen molar-refractivity contribution in [1.29, 1.82) is 0 Å². The lowest BCUT2D eigenvalue weighted by Crippen LogP contribution is -2.49. The molecule has 2 aliphatic rings. The molecule has 0 saturated heterocycles. The Balaban J connectivity index is 1.92. The number of hydrogen-bond donors (Lipinski definition) is 2. The molecule has 0 bridgehead atoms. The number of carbonyl (C=O) groups excluding carboxylic acids is 2. The quantitative estimate of drug-likeness (QED) is 0.829. The summed E-state index contributed by atoms with van der Waals surface area (Å²) in [5.41, 5.74) is 3.58. The highest BCUT2D eigenvalue weighted by Crippen LogP contribution is 2.31. The molecule has 3 rings (SSSR count). The second kappa shape index (κ2) is 6.95. The van der Waals surface area contributed by atoms with Crippen LogP contribution >= 0.6 is 0 Å². The Morgan fingerprint density at radius 1 is 1.38 bits per heavy atom. The number of nitrogens with zero attached hydrogens (tertiary/aromatic N) is 1. The normalized spacial score (nSPS) is 20.2. The predicted molar refractivity (Wildman–Crippen MR) is 91.8 cm³/mol. The maximum absolute atomic E-state index is 12.2. The molecule has 0 unspecified atom stereocenters. The van der Waals surface area contributed by atoms with Gasteiger partial charge in [-0.3, -0.25) is 0 Å². The van der Waals surface area contributed by atoms with Gasteiger partial charge in [0.2, 0.25) is 0 Å². The number of nitrogens with one attached hydrogen (secondary N) is 2. The Labute approximate surface area is 141 Å². The van der Waals surface area contributed by atoms with Gasteiger partial charge in [0, 0.05) is 11.7 Å². The van der Waals surface area contributed by atoms with Crippen LogP contribution in [0.15, 0.2) is 35.5 Å². The van der Waals surface area contributed by atoms with E-state index in [2.05, 4.69) is 34.6 Å². The Morgan fingerprint density at radius 2 is 2.17 bits per heavy atom. The fourth-order valence-electron chi connectivity index (χ4n) is 3.25. The van der Waals surface area contributed by atoms with Crippen molar-refractivity contribution in [2.75, 3.05) is 24.6 Å². The van der Waals surface area contributed by atoms with E-state index in [1.54, 1.807) is 6.92 Å². The van der Waals surface area contributed by atoms with Crippen LogP contribution in [-0.2, 0) is 16.0 Å². The van der Waals surface area contributed by atoms with Crippen LogP contribution in [0.5, 0.6) is 0 Å². The molecule has 2 aliphatic heterocycles. The van der Waals surface area contributed by atoms with Gasteiger partial charge in [0.15, 0.2) is 0 Å². The number of benzene rings is 1. The first kappa shape index (κ1) is 16.4. The Morgan fingerprint density at radius 3 is 2.96 bits per heavy atom. The maximum atomic E-state index is 12.2. The van der Waals surface area contributed by atoms with E-state index in [1.807, 2.05) is 12.1 Å². The molecule has 1 aromatic carbocycles. The average Bonchev–Trinajstić information content (AvgIpc) is 2.58. The van der Waals surface area contributed by atoms with Crippen LogP contribution in [0.3, 0.4) is 0 Å². The van der Waals surface area contributed by atoms with Crippen LogP contribution in [-0.4, -0.2) is 37.7 Å². The molecule has 0 fully saturated rings. The third-order valence-corrected chi connectivity index (χ3v) is 4.57. The van der Waals surface area contributed by atoms with E-state index in [1.165, 1.54) is 11.3 Å². The van der Waals surface area contributed by atoms with Crippen molar-refractivity contribution in [3.63, 3.8) is 0 Å². The van der Waals surface area contributed by atoms with Gasteiger partial charge in [-0.2, -0.15) is 0 Å². The number of ether oxygens (including phenoxy) is 1. The van der Waals surface area contributed by atoms with Crippen LogP contribution in [0.2, 0.25) is 0 Å². The largest absolute Gasteiger partial charge is 0.463 e. The highest BCUT2D eigenvalue weighted by atomic mass is 16.5. The van der Waals surface area contributed by atoms with E-state index in [4.69, 9.17) is 4.74 Å². The smallest absolute Gasteiger partial charge is 0.337 e. The molecule has 24 heavy (non-hydrogen) atoms. The minimum Gasteiger partial charge on any atom is -0.463 e. The number of para-hydroxylation sites is 1. The Kier molecular flexibility index (Phi) is 4.74. The van der Waals surface area contributed by atoms with Crippen molar-refractivity contribution in [2.24, 2.45) is 0 Å². The van der Waals surface area contributed by atoms with Crippen molar-refractivity contribution in [2.45, 2.75) is 32.7 Å². The molecular weight excluding hydrogens is 306 g/mol. The molecule has 0 saturated carbocycles. The monoisotopic (exact) mass is 329 g/mol. The topological polar surface area (TPSA) is 70.7 Å². The van der Waals surface area contributed by atoms with E-state index in [0.29, 0.717) is 30.5 Å². The van der Waals surface area contributed by atoms with Crippen molar-refractivity contribution >= 4 is 17.7 Å². The standard InChI is InChI=1S/C18H23N3O3/c1-3-24-17(22)14-10-19-18(23)20-15(14)11-21-12(2)8-9-13-6-4-5-7-16(13)21/h4-7,12H,3,8-11H2,1-2H3,(H2,19,20,23)/t12-/m0/s1. The first-order valence-corrected chi connectivity index (χ1v) is 8.38. The molecule has 1 aromatic rings. The maximum Gasteiger partial charge on any atom is 0.337 e. The third kappa shape index (κ3) is 3.22. The van der Waals surface area contributed by atoms with Crippen molar-refractivity contribution in [3.8, 4) is 0 Å². The summed E-state index contributed by atoms with van der Waals surface area (Å²) >= 11 is 0. The molecule has 1 atom stereocenters. The fourth-order valence-corrected chi connectivity index (χ4v) is 3.25. The number of carbonyl (C=O) groups is 2. The van der Waals surface area contributed by atoms with E-state index in [0.717, 1.165) is 12.8 Å². The summed E-state index contributed by atoms with van der Waals surface area (Å²) < 4.78 is 5.13. The highest BCUT2D eigenvalue weighted by Gasteiger charge is 2.29. The van der Waals surface area contributed by atoms with Crippen molar-refractivity contribution in [1.82, 2.24) is 10.6 Å². The molecule has 0 aromatic heterocycles. The number of anilines is 1. The predicted octanol–water partition coefficient (Wildman–Crippen LogP) is 1.96. The van der Waals surface area contributed by atoms with Gasteiger partial charge in [0.25, 0.3) is 0 Å². The lowest BCUT2D eigenvalue weighted by Gasteiger charge is -2.38. The second-order valence-electron chi connectivity index (χ2n) is 6.13. The zero-order valence-electron chi connectivity index (χ0n) is 14.1. The van der Waals surface area contributed by atoms with E-state index >= 15 is 0 Å². The first-order valence-electron chi connectivity index (χ1n) is 8.38. The fraction of sp³-hybridized carbons (Fsp3) is 0.444. The zero-order chi connectivity index (χ0) is 17.1. The summed E-state index contributed by atoms with van der Waals surface area (Å²) in [6.07, 6.45) is 2.09. The highest BCUT2D eigenvalue weighted by molar-refractivity contribution is 5.93. The zero-order valence-corrected chi connectivity index (χ0v) is 14.1. The van der Waals surface area contributed by atoms with Crippen LogP contribution < -0.4 is 15.5 Å². The number of amides is 2. The minimum absolute atomic E-state index is 0.198. The molecule has 2 N–H and O–H groups in total. The van der Waals surface area contributed by atoms with E-state index in [-0.39, 0.29) is 18.5 Å². The Bertz CT molecular complexity index is 684. The molecular formula is C18H23N3O3. The van der Waals surface area contributed by atoms with Crippen molar-refractivity contribution in [3.05, 3.63) is 41.1 Å². The lowest BCUT2D eigenvalue weighted by atomic mass is 9.96. The van der Waals surface area contributed by atoms with Gasteiger partial charge < -0.3 is 20.3 Å². The third-order valence-electron chi connectivity index (χ3n) is 4.57. The van der Waals surface area contributed by atoms with Crippen LogP contribution in [0, 0.1) is 0 Å². The number of esters is 1. The van der Waals surface area contributed by atoms with E-state index < -0.39 is 0 Å². The van der Waals surface area contributed by atoms with Gasteiger partial charge in [0.05, 0.1) is 31.0 Å². The SMILES string of the molecule is CCOC(=O)C1=C(CN2c3ccccc3CC[C@@H]2C)NC(=O)NC1. The molecule has 0 radical (unpaired) electrons. The number of aryl methyl sites for hydroxylation is 1. The summed E-state index contributed by atoms with van der Waals surface area (Å²) in [6.45, 7) is 4.94. The van der Waals surface area contributed by atoms with Gasteiger partial charge in [-0.05, 0) is 38.3 Å². The minimum atomic E-state index is -0.377. The molecule has 6 heteroatoms. The molecule has 2 amide bonds. The number of rotatable bonds is 4. The molecule has 0 spiro atoms. The Hall–Kier alpha value is -2.50. The number of hydrogen-bond acceptors (Lipinski definition) is 4. The summed E-state index contributed by atoms with van der Waals surface area (Å²) in [6, 6.07) is 8.35. The first-order chi connectivity index (χ1) is 11.6. The second-order valence-corrected chi connectivity index (χ2v) is 6.13. The van der Waals surface area contributed by atoms with Crippen LogP contribution in [0.25, 0.3) is 0 Å². The lowest BCUT2D eigenvalue weighted by molar-refractivity contribution is -0.138. The average molecular weight is 329 g/mol. The molecule has 6 nitrogen and oxygen atoms in total. The van der Waals surface area contributed by atoms with Gasteiger partial charge in [-0.25, -0.2) is 9.59 Å². The summed E-state index contributed by atoms with van der Waals surface area (Å²) in [5, 5.41) is 5.43. The number of fused-ring (bicyclic) bond motifs is 1. The van der Waals surface area contributed by atoms with Gasteiger partial charge in [0.1, 0.15) is 0 Å². The van der Waals surface area contributed by atoms with Gasteiger partial charge in [-0.1, -0.05) is 18.2 Å². The molecule has 0 aliphatic carbocycles. The summed E-state index contributed by atoms with van der Waals surface area (Å²) in [4.78, 5) is 26.2.